The molecule has 0 heterocycles. The molecule has 0 aliphatic heterocycles. The Morgan fingerprint density at radius 2 is 0.731 bits per heavy atom. The van der Waals surface area contributed by atoms with E-state index >= 15 is 0 Å². The van der Waals surface area contributed by atoms with E-state index in [0.717, 1.165) is 0 Å². The highest BCUT2D eigenvalue weighted by Crippen LogP contribution is 2.31. The number of hydrogen-bond donors (Lipinski definition) is 0. The smallest absolute Gasteiger partial charge is 0.0599 e. The summed E-state index contributed by atoms with van der Waals surface area (Å²) in [6, 6.07) is 37.4. The van der Waals surface area contributed by atoms with Crippen LogP contribution in [-0.2, 0) is 18.1 Å². The summed E-state index contributed by atoms with van der Waals surface area (Å²) >= 11 is 0. The first-order valence-electron chi connectivity index (χ1n) is 9.60. The minimum atomic E-state index is -1.58. The highest BCUT2D eigenvalue weighted by Gasteiger charge is 2.45. The average Bonchev–Trinajstić information content (AvgIpc) is 2.63. The van der Waals surface area contributed by atoms with Gasteiger partial charge in [0.15, 0.2) is 0 Å². The van der Waals surface area contributed by atoms with Crippen molar-refractivity contribution in [1.82, 2.24) is 0 Å². The molecule has 0 saturated carbocycles. The Labute approximate surface area is 160 Å². The van der Waals surface area contributed by atoms with Crippen LogP contribution in [0, 0.1) is 0 Å². The summed E-state index contributed by atoms with van der Waals surface area (Å²) in [5, 5.41) is 0. The number of hydrogen-bond acceptors (Lipinski definition) is 0. The van der Waals surface area contributed by atoms with Gasteiger partial charge in [-0.1, -0.05) is 127 Å². The first kappa shape index (κ1) is 18.9. The Morgan fingerprint density at radius 1 is 0.462 bits per heavy atom. The van der Waals surface area contributed by atoms with E-state index < -0.39 is 15.2 Å². The lowest BCUT2D eigenvalue weighted by Gasteiger charge is -2.43. The van der Waals surface area contributed by atoms with E-state index in [4.69, 9.17) is 0 Å². The molecule has 0 amide bonds. The third kappa shape index (κ3) is 4.63. The molecule has 3 aromatic rings. The second kappa shape index (κ2) is 8.19. The molecule has 0 nitrogen and oxygen atoms in total. The zero-order valence-corrected chi connectivity index (χ0v) is 18.3. The maximum atomic E-state index is 2.61. The van der Waals surface area contributed by atoms with E-state index in [1.54, 1.807) is 0 Å². The largest absolute Gasteiger partial charge is 0.0714 e. The molecule has 0 saturated heterocycles. The van der Waals surface area contributed by atoms with Crippen molar-refractivity contribution in [2.75, 3.05) is 0 Å². The van der Waals surface area contributed by atoms with E-state index in [1.165, 1.54) is 34.8 Å². The topological polar surface area (TPSA) is 0 Å². The monoisotopic (exact) mass is 374 g/mol. The van der Waals surface area contributed by atoms with Crippen molar-refractivity contribution >= 4 is 15.2 Å². The van der Waals surface area contributed by atoms with Crippen LogP contribution in [0.15, 0.2) is 91.0 Å². The summed E-state index contributed by atoms with van der Waals surface area (Å²) in [5.41, 5.74) is 4.57. The predicted octanol–water partition coefficient (Wildman–Crippen LogP) is 6.20. The van der Waals surface area contributed by atoms with Gasteiger partial charge in [0.05, 0.1) is 7.59 Å². The van der Waals surface area contributed by atoms with Crippen molar-refractivity contribution in [2.45, 2.75) is 37.8 Å². The molecule has 134 valence electrons. The normalized spacial score (nSPS) is 12.1. The fourth-order valence-corrected chi connectivity index (χ4v) is 15.6. The minimum absolute atomic E-state index is 1.29. The van der Waals surface area contributed by atoms with Crippen LogP contribution in [-0.4, -0.2) is 15.2 Å². The van der Waals surface area contributed by atoms with Gasteiger partial charge >= 0.3 is 0 Å². The standard InChI is InChI=1S/C24H30Si2/c1-25(2,3)26(19-22-13-7-4-8-14-22,20-23-15-9-5-10-16-23)21-24-17-11-6-12-18-24/h4-18H,19-21H2,1-3H3. The highest BCUT2D eigenvalue weighted by molar-refractivity contribution is 7.40. The molecule has 0 spiro atoms. The van der Waals surface area contributed by atoms with Crippen LogP contribution in [0.1, 0.15) is 16.7 Å². The van der Waals surface area contributed by atoms with Gasteiger partial charge in [0.25, 0.3) is 0 Å². The third-order valence-electron chi connectivity index (χ3n) is 5.75. The second-order valence-electron chi connectivity index (χ2n) is 8.52. The molecule has 0 fully saturated rings. The molecule has 0 unspecified atom stereocenters. The molecule has 0 aromatic heterocycles. The van der Waals surface area contributed by atoms with Gasteiger partial charge in [-0.15, -0.1) is 0 Å². The Kier molecular flexibility index (Phi) is 5.95. The van der Waals surface area contributed by atoms with Crippen LogP contribution in [0.5, 0.6) is 0 Å². The van der Waals surface area contributed by atoms with Crippen molar-refractivity contribution in [1.29, 1.82) is 0 Å². The maximum absolute atomic E-state index is 2.61. The Morgan fingerprint density at radius 3 is 0.962 bits per heavy atom. The van der Waals surface area contributed by atoms with E-state index in [1.807, 2.05) is 0 Å². The molecule has 0 bridgehead atoms. The van der Waals surface area contributed by atoms with Crippen molar-refractivity contribution in [2.24, 2.45) is 0 Å². The van der Waals surface area contributed by atoms with Gasteiger partial charge in [-0.05, 0) is 18.1 Å². The fourth-order valence-electron chi connectivity index (χ4n) is 3.94. The average molecular weight is 375 g/mol. The zero-order chi connectivity index (χ0) is 18.5. The molecule has 0 atom stereocenters. The number of rotatable bonds is 7. The summed E-state index contributed by atoms with van der Waals surface area (Å²) in [5.74, 6) is 0. The molecular formula is C24H30Si2. The SMILES string of the molecule is C[Si](C)(C)[Si](Cc1ccccc1)(Cc1ccccc1)Cc1ccccc1. The van der Waals surface area contributed by atoms with E-state index in [9.17, 15) is 0 Å². The van der Waals surface area contributed by atoms with Gasteiger partial charge in [-0.2, -0.15) is 0 Å². The summed E-state index contributed by atoms with van der Waals surface area (Å²) < 4.78 is 0. The first-order chi connectivity index (χ1) is 12.5. The van der Waals surface area contributed by atoms with Crippen molar-refractivity contribution < 1.29 is 0 Å². The summed E-state index contributed by atoms with van der Waals surface area (Å²) in [6.07, 6.45) is 0. The van der Waals surface area contributed by atoms with Gasteiger partial charge in [0.1, 0.15) is 0 Å². The summed E-state index contributed by atoms with van der Waals surface area (Å²) in [7, 11) is -2.93. The Bertz CT molecular complexity index is 688. The molecule has 3 rings (SSSR count). The van der Waals surface area contributed by atoms with Crippen LogP contribution in [0.2, 0.25) is 19.6 Å². The Hall–Kier alpha value is -1.91. The van der Waals surface area contributed by atoms with Crippen molar-refractivity contribution in [3.8, 4) is 0 Å². The van der Waals surface area contributed by atoms with Crippen molar-refractivity contribution in [3.63, 3.8) is 0 Å². The molecule has 3 aromatic carbocycles. The van der Waals surface area contributed by atoms with E-state index in [0.29, 0.717) is 0 Å². The van der Waals surface area contributed by atoms with Crippen LogP contribution in [0.3, 0.4) is 0 Å². The van der Waals surface area contributed by atoms with Gasteiger partial charge < -0.3 is 0 Å². The molecule has 26 heavy (non-hydrogen) atoms. The number of benzene rings is 3. The van der Waals surface area contributed by atoms with Crippen LogP contribution < -0.4 is 0 Å². The van der Waals surface area contributed by atoms with E-state index in [-0.39, 0.29) is 0 Å². The molecule has 2 heteroatoms. The third-order valence-corrected chi connectivity index (χ3v) is 23.3. The van der Waals surface area contributed by atoms with Crippen LogP contribution in [0.4, 0.5) is 0 Å². The Balaban J connectivity index is 2.04. The molecule has 0 N–H and O–H groups in total. The van der Waals surface area contributed by atoms with Crippen LogP contribution >= 0.6 is 0 Å². The maximum Gasteiger partial charge on any atom is 0.0599 e. The summed E-state index contributed by atoms with van der Waals surface area (Å²) in [6.45, 7) is 7.82. The van der Waals surface area contributed by atoms with Gasteiger partial charge in [-0.3, -0.25) is 0 Å². The minimum Gasteiger partial charge on any atom is -0.0714 e. The summed E-state index contributed by atoms with van der Waals surface area (Å²) in [4.78, 5) is 0. The highest BCUT2D eigenvalue weighted by atomic mass is 29.3. The lowest BCUT2D eigenvalue weighted by molar-refractivity contribution is 1.16. The second-order valence-corrected chi connectivity index (χ2v) is 24.3. The lowest BCUT2D eigenvalue weighted by Crippen LogP contribution is -2.63. The first-order valence-corrected chi connectivity index (χ1v) is 16.7. The van der Waals surface area contributed by atoms with Gasteiger partial charge in [-0.25, -0.2) is 0 Å². The molecular weight excluding hydrogens is 344 g/mol. The van der Waals surface area contributed by atoms with Crippen LogP contribution in [0.25, 0.3) is 0 Å². The quantitative estimate of drug-likeness (QED) is 0.432. The van der Waals surface area contributed by atoms with E-state index in [2.05, 4.69) is 111 Å². The van der Waals surface area contributed by atoms with Gasteiger partial charge in [0, 0.05) is 7.59 Å². The lowest BCUT2D eigenvalue weighted by atomic mass is 10.2. The van der Waals surface area contributed by atoms with Gasteiger partial charge in [0.2, 0.25) is 0 Å². The van der Waals surface area contributed by atoms with Crippen molar-refractivity contribution in [3.05, 3.63) is 108 Å². The predicted molar refractivity (Wildman–Crippen MR) is 120 cm³/mol. The molecule has 0 radical (unpaired) electrons. The fraction of sp³-hybridized carbons (Fsp3) is 0.250. The molecule has 0 aliphatic rings. The zero-order valence-electron chi connectivity index (χ0n) is 16.3. The molecule has 0 aliphatic carbocycles.